The number of carbonyl (C=O) groups is 1. The summed E-state index contributed by atoms with van der Waals surface area (Å²) in [5, 5.41) is 14.1. The summed E-state index contributed by atoms with van der Waals surface area (Å²) in [4.78, 5) is 14.8. The van der Waals surface area contributed by atoms with Crippen molar-refractivity contribution in [2.75, 3.05) is 13.7 Å². The number of rotatable bonds is 6. The second kappa shape index (κ2) is 6.98. The zero-order chi connectivity index (χ0) is 17.1. The normalized spacial score (nSPS) is 12.3. The van der Waals surface area contributed by atoms with E-state index >= 15 is 0 Å². The van der Waals surface area contributed by atoms with Crippen molar-refractivity contribution >= 4 is 17.2 Å². The van der Waals surface area contributed by atoms with E-state index in [2.05, 4.69) is 20.6 Å². The van der Waals surface area contributed by atoms with Crippen molar-refractivity contribution in [2.24, 2.45) is 7.05 Å². The number of amides is 1. The van der Waals surface area contributed by atoms with Gasteiger partial charge in [-0.25, -0.2) is 0 Å². The van der Waals surface area contributed by atoms with Crippen LogP contribution in [0.2, 0.25) is 0 Å². The molecule has 0 aliphatic rings. The van der Waals surface area contributed by atoms with Crippen LogP contribution >= 0.6 is 11.3 Å². The topological polar surface area (TPSA) is 84.8 Å². The fourth-order valence-corrected chi connectivity index (χ4v) is 3.30. The van der Waals surface area contributed by atoms with E-state index in [-0.39, 0.29) is 11.9 Å². The fraction of sp³-hybridized carbons (Fsp3) is 0.312. The molecule has 0 fully saturated rings. The van der Waals surface area contributed by atoms with E-state index in [0.29, 0.717) is 12.3 Å². The summed E-state index contributed by atoms with van der Waals surface area (Å²) in [6.07, 6.45) is 1.69. The van der Waals surface area contributed by atoms with Crippen LogP contribution in [0.4, 0.5) is 0 Å². The molecule has 1 atom stereocenters. The van der Waals surface area contributed by atoms with Crippen LogP contribution in [0.1, 0.15) is 27.1 Å². The molecular formula is C16H19N5O2S. The number of nitrogens with zero attached hydrogens (tertiary/aromatic N) is 3. The average molecular weight is 345 g/mol. The second-order valence-corrected chi connectivity index (χ2v) is 6.73. The van der Waals surface area contributed by atoms with Crippen molar-refractivity contribution in [1.29, 1.82) is 0 Å². The largest absolute Gasteiger partial charge is 0.382 e. The minimum absolute atomic E-state index is 0.256. The smallest absolute Gasteiger partial charge is 0.272 e. The summed E-state index contributed by atoms with van der Waals surface area (Å²) in [7, 11) is 3.43. The summed E-state index contributed by atoms with van der Waals surface area (Å²) in [6.45, 7) is 2.40. The van der Waals surface area contributed by atoms with Gasteiger partial charge in [0.2, 0.25) is 0 Å². The quantitative estimate of drug-likeness (QED) is 0.718. The standard InChI is InChI=1S/C16H19N5O2S/c1-10-4-5-15(24-10)11-8-12(20-19-11)16(22)18-13(9-23-3)14-6-7-17-21(14)2/h4-8,13H,9H2,1-3H3,(H,18,22)(H,19,20)/t13-/m1/s1. The first kappa shape index (κ1) is 16.4. The second-order valence-electron chi connectivity index (χ2n) is 5.44. The molecule has 2 N–H and O–H groups in total. The highest BCUT2D eigenvalue weighted by Crippen LogP contribution is 2.26. The number of aryl methyl sites for hydroxylation is 2. The number of ether oxygens (including phenoxy) is 1. The molecule has 0 spiro atoms. The Hall–Kier alpha value is -2.45. The highest BCUT2D eigenvalue weighted by atomic mass is 32.1. The van der Waals surface area contributed by atoms with Crippen LogP contribution < -0.4 is 5.32 Å². The molecule has 7 nitrogen and oxygen atoms in total. The Bertz CT molecular complexity index is 835. The maximum absolute atomic E-state index is 12.5. The lowest BCUT2D eigenvalue weighted by atomic mass is 10.2. The lowest BCUT2D eigenvalue weighted by molar-refractivity contribution is 0.0887. The molecule has 0 saturated carbocycles. The SMILES string of the molecule is COC[C@@H](NC(=O)c1cc(-c2ccc(C)s2)[nH]n1)c1ccnn1C. The van der Waals surface area contributed by atoms with Gasteiger partial charge in [0.05, 0.1) is 28.9 Å². The van der Waals surface area contributed by atoms with Crippen LogP contribution in [-0.2, 0) is 11.8 Å². The molecule has 0 aliphatic carbocycles. The van der Waals surface area contributed by atoms with Crippen LogP contribution in [0.15, 0.2) is 30.5 Å². The van der Waals surface area contributed by atoms with Gasteiger partial charge in [-0.2, -0.15) is 10.2 Å². The van der Waals surface area contributed by atoms with Crippen molar-refractivity contribution in [3.63, 3.8) is 0 Å². The van der Waals surface area contributed by atoms with E-state index in [1.807, 2.05) is 32.2 Å². The number of nitrogens with one attached hydrogen (secondary N) is 2. The van der Waals surface area contributed by atoms with Crippen molar-refractivity contribution in [3.05, 3.63) is 46.7 Å². The van der Waals surface area contributed by atoms with Gasteiger partial charge in [-0.15, -0.1) is 11.3 Å². The fourth-order valence-electron chi connectivity index (χ4n) is 2.47. The van der Waals surface area contributed by atoms with Crippen LogP contribution in [0.25, 0.3) is 10.6 Å². The average Bonchev–Trinajstić information content (AvgIpc) is 3.27. The maximum Gasteiger partial charge on any atom is 0.272 e. The molecule has 0 aliphatic heterocycles. The van der Waals surface area contributed by atoms with E-state index in [9.17, 15) is 4.79 Å². The number of carbonyl (C=O) groups excluding carboxylic acids is 1. The van der Waals surface area contributed by atoms with Gasteiger partial charge < -0.3 is 10.1 Å². The van der Waals surface area contributed by atoms with Crippen LogP contribution in [0, 0.1) is 6.92 Å². The van der Waals surface area contributed by atoms with E-state index in [1.165, 1.54) is 4.88 Å². The number of aromatic nitrogens is 4. The van der Waals surface area contributed by atoms with E-state index in [0.717, 1.165) is 16.3 Å². The molecule has 0 saturated heterocycles. The molecule has 3 rings (SSSR count). The van der Waals surface area contributed by atoms with Crippen molar-refractivity contribution in [3.8, 4) is 10.6 Å². The molecule has 8 heteroatoms. The van der Waals surface area contributed by atoms with Gasteiger partial charge in [-0.1, -0.05) is 0 Å². The summed E-state index contributed by atoms with van der Waals surface area (Å²) >= 11 is 1.65. The summed E-state index contributed by atoms with van der Waals surface area (Å²) in [6, 6.07) is 7.37. The van der Waals surface area contributed by atoms with Gasteiger partial charge in [0.25, 0.3) is 5.91 Å². The molecule has 3 aromatic heterocycles. The third-order valence-electron chi connectivity index (χ3n) is 3.67. The van der Waals surface area contributed by atoms with Gasteiger partial charge in [0, 0.05) is 25.2 Å². The Labute approximate surface area is 143 Å². The molecule has 0 bridgehead atoms. The molecule has 3 heterocycles. The molecular weight excluding hydrogens is 326 g/mol. The van der Waals surface area contributed by atoms with Gasteiger partial charge >= 0.3 is 0 Å². The van der Waals surface area contributed by atoms with E-state index < -0.39 is 0 Å². The lowest BCUT2D eigenvalue weighted by Gasteiger charge is -2.17. The van der Waals surface area contributed by atoms with Crippen LogP contribution in [-0.4, -0.2) is 39.6 Å². The third-order valence-corrected chi connectivity index (χ3v) is 4.70. The molecule has 0 aromatic carbocycles. The Morgan fingerprint density at radius 3 is 2.92 bits per heavy atom. The summed E-state index contributed by atoms with van der Waals surface area (Å²) in [5.41, 5.74) is 2.05. The molecule has 0 radical (unpaired) electrons. The van der Waals surface area contributed by atoms with Crippen molar-refractivity contribution in [1.82, 2.24) is 25.3 Å². The molecule has 126 valence electrons. The van der Waals surface area contributed by atoms with Gasteiger partial charge in [0.1, 0.15) is 0 Å². The Balaban J connectivity index is 1.76. The minimum Gasteiger partial charge on any atom is -0.382 e. The molecule has 24 heavy (non-hydrogen) atoms. The maximum atomic E-state index is 12.5. The Morgan fingerprint density at radius 2 is 2.29 bits per heavy atom. The van der Waals surface area contributed by atoms with Crippen molar-refractivity contribution in [2.45, 2.75) is 13.0 Å². The highest BCUT2D eigenvalue weighted by Gasteiger charge is 2.20. The zero-order valence-electron chi connectivity index (χ0n) is 13.7. The Morgan fingerprint density at radius 1 is 1.46 bits per heavy atom. The summed E-state index contributed by atoms with van der Waals surface area (Å²) in [5.74, 6) is -0.256. The molecule has 1 amide bonds. The number of hydrogen-bond acceptors (Lipinski definition) is 5. The molecule has 3 aromatic rings. The van der Waals surface area contributed by atoms with E-state index in [4.69, 9.17) is 4.74 Å². The Kier molecular flexibility index (Phi) is 4.77. The van der Waals surface area contributed by atoms with Crippen LogP contribution in [0.5, 0.6) is 0 Å². The van der Waals surface area contributed by atoms with E-state index in [1.54, 1.807) is 35.4 Å². The lowest BCUT2D eigenvalue weighted by Crippen LogP contribution is -2.32. The number of methoxy groups -OCH3 is 1. The predicted octanol–water partition coefficient (Wildman–Crippen LogP) is 2.30. The number of thiophene rings is 1. The first-order valence-corrected chi connectivity index (χ1v) is 8.30. The predicted molar refractivity (Wildman–Crippen MR) is 91.9 cm³/mol. The monoisotopic (exact) mass is 345 g/mol. The molecule has 0 unspecified atom stereocenters. The first-order chi connectivity index (χ1) is 11.6. The zero-order valence-corrected chi connectivity index (χ0v) is 14.6. The number of H-pyrrole nitrogens is 1. The van der Waals surface area contributed by atoms with Gasteiger partial charge in [-0.3, -0.25) is 14.6 Å². The van der Waals surface area contributed by atoms with Gasteiger partial charge in [-0.05, 0) is 31.2 Å². The number of aromatic amines is 1. The highest BCUT2D eigenvalue weighted by molar-refractivity contribution is 7.15. The minimum atomic E-state index is -0.292. The third kappa shape index (κ3) is 3.39. The van der Waals surface area contributed by atoms with Crippen molar-refractivity contribution < 1.29 is 9.53 Å². The summed E-state index contributed by atoms with van der Waals surface area (Å²) < 4.78 is 6.93. The van der Waals surface area contributed by atoms with Crippen LogP contribution in [0.3, 0.4) is 0 Å². The first-order valence-electron chi connectivity index (χ1n) is 7.48. The number of hydrogen-bond donors (Lipinski definition) is 2. The van der Waals surface area contributed by atoms with Gasteiger partial charge in [0.15, 0.2) is 5.69 Å².